The number of hydrogen-bond acceptors (Lipinski definition) is 4. The highest BCUT2D eigenvalue weighted by Crippen LogP contribution is 2.40. The number of rotatable bonds is 3. The van der Waals surface area contributed by atoms with Gasteiger partial charge in [-0.25, -0.2) is 0 Å². The molecule has 0 radical (unpaired) electrons. The predicted molar refractivity (Wildman–Crippen MR) is 52.8 cm³/mol. The lowest BCUT2D eigenvalue weighted by molar-refractivity contribution is -0.162. The molecular weight excluding hydrogens is 196 g/mol. The highest BCUT2D eigenvalue weighted by atomic mass is 16.6. The van der Waals surface area contributed by atoms with Crippen molar-refractivity contribution in [3.8, 4) is 0 Å². The van der Waals surface area contributed by atoms with Crippen LogP contribution in [0.1, 0.15) is 25.7 Å². The molecule has 0 aromatic heterocycles. The molecule has 84 valence electrons. The van der Waals surface area contributed by atoms with Crippen LogP contribution in [-0.4, -0.2) is 30.6 Å². The molecule has 0 bridgehead atoms. The number of ether oxygens (including phenoxy) is 1. The van der Waals surface area contributed by atoms with Gasteiger partial charge in [0.2, 0.25) is 0 Å². The van der Waals surface area contributed by atoms with Crippen LogP contribution in [0.3, 0.4) is 0 Å². The Morgan fingerprint density at radius 2 is 1.87 bits per heavy atom. The van der Waals surface area contributed by atoms with Gasteiger partial charge in [0.1, 0.15) is 0 Å². The fourth-order valence-corrected chi connectivity index (χ4v) is 1.85. The van der Waals surface area contributed by atoms with Crippen LogP contribution in [0, 0.1) is 5.92 Å². The summed E-state index contributed by atoms with van der Waals surface area (Å²) in [6.45, 7) is 1.67. The van der Waals surface area contributed by atoms with Gasteiger partial charge in [-0.3, -0.25) is 9.59 Å². The summed E-state index contributed by atoms with van der Waals surface area (Å²) in [4.78, 5) is 22.7. The minimum Gasteiger partial charge on any atom is -0.449 e. The second kappa shape index (κ2) is 3.81. The van der Waals surface area contributed by atoms with E-state index in [-0.39, 0.29) is 11.9 Å². The third kappa shape index (κ3) is 2.12. The maximum Gasteiger partial charge on any atom is 0.310 e. The topological polar surface area (TPSA) is 81.4 Å². The van der Waals surface area contributed by atoms with E-state index in [0.29, 0.717) is 12.8 Å². The number of esters is 1. The number of nitrogens with two attached hydrogens (primary N) is 1. The van der Waals surface area contributed by atoms with Crippen molar-refractivity contribution in [2.45, 2.75) is 31.3 Å². The van der Waals surface area contributed by atoms with Crippen LogP contribution in [0.4, 0.5) is 0 Å². The lowest BCUT2D eigenvalue weighted by Gasteiger charge is -2.23. The molecule has 1 saturated heterocycles. The third-order valence-electron chi connectivity index (χ3n) is 3.12. The SMILES string of the molecule is NC(=O)C1(OC(=O)C2CCNCC2)CC1. The molecule has 1 aliphatic carbocycles. The smallest absolute Gasteiger partial charge is 0.310 e. The Labute approximate surface area is 88.3 Å². The van der Waals surface area contributed by atoms with Crippen molar-refractivity contribution in [3.63, 3.8) is 0 Å². The summed E-state index contributed by atoms with van der Waals surface area (Å²) >= 11 is 0. The van der Waals surface area contributed by atoms with E-state index in [9.17, 15) is 9.59 Å². The highest BCUT2D eigenvalue weighted by Gasteiger charge is 2.53. The lowest BCUT2D eigenvalue weighted by atomic mass is 9.98. The number of carbonyl (C=O) groups is 2. The predicted octanol–water partition coefficient (Wildman–Crippen LogP) is -0.453. The van der Waals surface area contributed by atoms with Gasteiger partial charge >= 0.3 is 5.97 Å². The normalized spacial score (nSPS) is 24.5. The summed E-state index contributed by atoms with van der Waals surface area (Å²) < 4.78 is 5.21. The molecule has 0 aromatic rings. The first kappa shape index (κ1) is 10.4. The van der Waals surface area contributed by atoms with Gasteiger partial charge in [-0.15, -0.1) is 0 Å². The van der Waals surface area contributed by atoms with E-state index in [1.807, 2.05) is 0 Å². The molecule has 1 heterocycles. The molecule has 2 fully saturated rings. The van der Waals surface area contributed by atoms with E-state index in [4.69, 9.17) is 10.5 Å². The summed E-state index contributed by atoms with van der Waals surface area (Å²) in [6, 6.07) is 0. The van der Waals surface area contributed by atoms with Gasteiger partial charge in [0.05, 0.1) is 5.92 Å². The fourth-order valence-electron chi connectivity index (χ4n) is 1.85. The van der Waals surface area contributed by atoms with E-state index in [1.165, 1.54) is 0 Å². The largest absolute Gasteiger partial charge is 0.449 e. The Bertz CT molecular complexity index is 280. The fraction of sp³-hybridized carbons (Fsp3) is 0.800. The highest BCUT2D eigenvalue weighted by molar-refractivity contribution is 5.89. The van der Waals surface area contributed by atoms with Gasteiger partial charge in [-0.2, -0.15) is 0 Å². The lowest BCUT2D eigenvalue weighted by Crippen LogP contribution is -2.39. The van der Waals surface area contributed by atoms with Crippen molar-refractivity contribution in [3.05, 3.63) is 0 Å². The summed E-state index contributed by atoms with van der Waals surface area (Å²) in [5, 5.41) is 3.17. The Hall–Kier alpha value is -1.10. The Balaban J connectivity index is 1.89. The number of amides is 1. The van der Waals surface area contributed by atoms with Crippen LogP contribution in [0.2, 0.25) is 0 Å². The molecule has 2 aliphatic rings. The van der Waals surface area contributed by atoms with Gasteiger partial charge in [0, 0.05) is 12.8 Å². The summed E-state index contributed by atoms with van der Waals surface area (Å²) in [5.41, 5.74) is 4.23. The molecule has 5 heteroatoms. The standard InChI is InChI=1S/C10H16N2O3/c11-9(14)10(3-4-10)15-8(13)7-1-5-12-6-2-7/h7,12H,1-6H2,(H2,11,14). The van der Waals surface area contributed by atoms with Crippen molar-refractivity contribution in [1.29, 1.82) is 0 Å². The second-order valence-electron chi connectivity index (χ2n) is 4.30. The summed E-state index contributed by atoms with van der Waals surface area (Å²) in [7, 11) is 0. The first-order valence-corrected chi connectivity index (χ1v) is 5.37. The van der Waals surface area contributed by atoms with Gasteiger partial charge in [-0.05, 0) is 25.9 Å². The van der Waals surface area contributed by atoms with Crippen molar-refractivity contribution in [1.82, 2.24) is 5.32 Å². The van der Waals surface area contributed by atoms with Gasteiger partial charge in [-0.1, -0.05) is 0 Å². The molecule has 2 rings (SSSR count). The second-order valence-corrected chi connectivity index (χ2v) is 4.30. The zero-order valence-electron chi connectivity index (χ0n) is 8.62. The van der Waals surface area contributed by atoms with E-state index in [0.717, 1.165) is 25.9 Å². The average Bonchev–Trinajstić information content (AvgIpc) is 3.00. The maximum absolute atomic E-state index is 11.7. The Morgan fingerprint density at radius 1 is 1.27 bits per heavy atom. The van der Waals surface area contributed by atoms with Crippen molar-refractivity contribution >= 4 is 11.9 Å². The van der Waals surface area contributed by atoms with Crippen molar-refractivity contribution < 1.29 is 14.3 Å². The molecule has 0 atom stereocenters. The monoisotopic (exact) mass is 212 g/mol. The quantitative estimate of drug-likeness (QED) is 0.621. The summed E-state index contributed by atoms with van der Waals surface area (Å²) in [6.07, 6.45) is 2.74. The number of hydrogen-bond donors (Lipinski definition) is 2. The first-order valence-electron chi connectivity index (χ1n) is 5.37. The van der Waals surface area contributed by atoms with Crippen LogP contribution < -0.4 is 11.1 Å². The van der Waals surface area contributed by atoms with E-state index in [1.54, 1.807) is 0 Å². The van der Waals surface area contributed by atoms with Crippen LogP contribution in [0.5, 0.6) is 0 Å². The van der Waals surface area contributed by atoms with E-state index < -0.39 is 11.5 Å². The van der Waals surface area contributed by atoms with Gasteiger partial charge in [0.15, 0.2) is 5.60 Å². The Kier molecular flexibility index (Phi) is 2.65. The molecule has 1 amide bonds. The van der Waals surface area contributed by atoms with E-state index in [2.05, 4.69) is 5.32 Å². The van der Waals surface area contributed by atoms with Crippen LogP contribution in [0.15, 0.2) is 0 Å². The first-order chi connectivity index (χ1) is 7.14. The molecule has 1 saturated carbocycles. The molecule has 1 aliphatic heterocycles. The molecule has 3 N–H and O–H groups in total. The van der Waals surface area contributed by atoms with Crippen LogP contribution in [-0.2, 0) is 14.3 Å². The summed E-state index contributed by atoms with van der Waals surface area (Å²) in [5.74, 6) is -0.833. The van der Waals surface area contributed by atoms with E-state index >= 15 is 0 Å². The van der Waals surface area contributed by atoms with Crippen molar-refractivity contribution in [2.75, 3.05) is 13.1 Å². The third-order valence-corrected chi connectivity index (χ3v) is 3.12. The number of carbonyl (C=O) groups excluding carboxylic acids is 2. The molecular formula is C10H16N2O3. The maximum atomic E-state index is 11.7. The van der Waals surface area contributed by atoms with Crippen molar-refractivity contribution in [2.24, 2.45) is 11.7 Å². The minimum atomic E-state index is -0.956. The van der Waals surface area contributed by atoms with Gasteiger partial charge in [0.25, 0.3) is 5.91 Å². The average molecular weight is 212 g/mol. The van der Waals surface area contributed by atoms with Crippen LogP contribution >= 0.6 is 0 Å². The zero-order valence-corrected chi connectivity index (χ0v) is 8.62. The molecule has 5 nitrogen and oxygen atoms in total. The number of nitrogens with one attached hydrogen (secondary N) is 1. The molecule has 0 unspecified atom stereocenters. The minimum absolute atomic E-state index is 0.0666. The molecule has 0 spiro atoms. The number of piperidine rings is 1. The molecule has 15 heavy (non-hydrogen) atoms. The Morgan fingerprint density at radius 3 is 2.33 bits per heavy atom. The van der Waals surface area contributed by atoms with Crippen LogP contribution in [0.25, 0.3) is 0 Å². The zero-order chi connectivity index (χ0) is 10.9. The number of primary amides is 1. The van der Waals surface area contributed by atoms with Gasteiger partial charge < -0.3 is 15.8 Å². The molecule has 0 aromatic carbocycles.